The highest BCUT2D eigenvalue weighted by atomic mass is 28.3. The van der Waals surface area contributed by atoms with Crippen LogP contribution in [-0.4, -0.2) is 61.0 Å². The van der Waals surface area contributed by atoms with Crippen LogP contribution >= 0.6 is 0 Å². The molecule has 7 aliphatic rings. The van der Waals surface area contributed by atoms with Gasteiger partial charge in [-0.25, -0.2) is 44.9 Å². The fourth-order valence-electron chi connectivity index (χ4n) is 24.7. The van der Waals surface area contributed by atoms with E-state index in [-0.39, 0.29) is 16.2 Å². The summed E-state index contributed by atoms with van der Waals surface area (Å²) in [6, 6.07) is 133. The molecule has 3 aliphatic heterocycles. The van der Waals surface area contributed by atoms with E-state index in [1.807, 2.05) is 0 Å². The largest absolute Gasteiger partial charge is 0.310 e. The van der Waals surface area contributed by atoms with Crippen LogP contribution in [0.1, 0.15) is 236 Å². The third kappa shape index (κ3) is 19.8. The number of rotatable bonds is 18. The second kappa shape index (κ2) is 41.2. The van der Waals surface area contributed by atoms with Crippen molar-refractivity contribution in [1.82, 2.24) is 44.9 Å². The molecule has 12 nitrogen and oxygen atoms in total. The molecule has 0 unspecified atom stereocenters. The third-order valence-electron chi connectivity index (χ3n) is 33.5. The van der Waals surface area contributed by atoms with E-state index in [9.17, 15) is 0 Å². The van der Waals surface area contributed by atoms with E-state index in [0.29, 0.717) is 64.4 Å². The summed E-state index contributed by atoms with van der Waals surface area (Å²) in [5, 5.41) is 2.84. The van der Waals surface area contributed by atoms with E-state index in [1.54, 1.807) is 0 Å². The van der Waals surface area contributed by atoms with Crippen molar-refractivity contribution in [3.8, 4) is 102 Å². The van der Waals surface area contributed by atoms with Crippen molar-refractivity contribution >= 4 is 77.7 Å². The van der Waals surface area contributed by atoms with Gasteiger partial charge in [0, 0.05) is 83.4 Å². The molecule has 150 heavy (non-hydrogen) atoms. The number of anilines is 9. The summed E-state index contributed by atoms with van der Waals surface area (Å²) in [6.07, 6.45) is 23.7. The van der Waals surface area contributed by atoms with Gasteiger partial charge in [0.05, 0.1) is 50.3 Å². The van der Waals surface area contributed by atoms with Crippen LogP contribution in [0.2, 0.25) is 39.3 Å². The van der Waals surface area contributed by atoms with Gasteiger partial charge in [0.25, 0.3) is 0 Å². The third-order valence-corrected chi connectivity index (χ3v) is 37.6. The highest BCUT2D eigenvalue weighted by molar-refractivity contribution is 6.89. The Balaban J connectivity index is 0.000000123. The van der Waals surface area contributed by atoms with Gasteiger partial charge in [-0.15, -0.1) is 0 Å². The van der Waals surface area contributed by atoms with Gasteiger partial charge in [0.1, 0.15) is 0 Å². The average Bonchev–Trinajstić information content (AvgIpc) is 0.885. The Morgan fingerprint density at radius 2 is 0.327 bits per heavy atom. The van der Waals surface area contributed by atoms with Crippen LogP contribution in [0.15, 0.2) is 364 Å². The quantitative estimate of drug-likeness (QED) is 0.0759. The highest BCUT2D eigenvalue weighted by Crippen LogP contribution is 2.57. The Morgan fingerprint density at radius 1 is 0.180 bits per heavy atom. The summed E-state index contributed by atoms with van der Waals surface area (Å²) < 4.78 is 0. The van der Waals surface area contributed by atoms with Gasteiger partial charge in [-0.2, -0.15) is 0 Å². The lowest BCUT2D eigenvalue weighted by Gasteiger charge is -2.42. The number of hydrogen-bond donors (Lipinski definition) is 0. The summed E-state index contributed by atoms with van der Waals surface area (Å²) >= 11 is 0. The fourth-order valence-corrected chi connectivity index (χ4v) is 27.0. The van der Waals surface area contributed by atoms with Crippen molar-refractivity contribution in [3.63, 3.8) is 0 Å². The summed E-state index contributed by atoms with van der Waals surface area (Å²) in [4.78, 5) is 53.0. The van der Waals surface area contributed by atoms with Gasteiger partial charge in [-0.3, -0.25) is 0 Å². The molecule has 0 spiro atoms. The summed E-state index contributed by atoms with van der Waals surface area (Å²) in [5.41, 5.74) is 33.1. The zero-order valence-electron chi connectivity index (χ0n) is 89.0. The Labute approximate surface area is 889 Å². The van der Waals surface area contributed by atoms with Gasteiger partial charge in [0.2, 0.25) is 0 Å². The minimum Gasteiger partial charge on any atom is -0.310 e. The topological polar surface area (TPSA) is 126 Å². The Kier molecular flexibility index (Phi) is 27.1. The lowest BCUT2D eigenvalue weighted by Crippen LogP contribution is -2.37. The first-order valence-electron chi connectivity index (χ1n) is 55.1. The average molecular weight is 1990 g/mol. The second-order valence-electron chi connectivity index (χ2n) is 46.3. The number of aromatic nitrogens is 9. The maximum atomic E-state index is 5.13. The van der Waals surface area contributed by atoms with Gasteiger partial charge < -0.3 is 14.7 Å². The minimum atomic E-state index is -1.43. The number of para-hydroxylation sites is 6. The van der Waals surface area contributed by atoms with Crippen molar-refractivity contribution in [2.75, 3.05) is 14.7 Å². The molecule has 4 saturated carbocycles. The number of hydrogen-bond acceptors (Lipinski definition) is 12. The minimum absolute atomic E-state index is 0.0914. The molecule has 0 atom stereocenters. The van der Waals surface area contributed by atoms with Gasteiger partial charge in [-0.1, -0.05) is 410 Å². The molecule has 4 fully saturated rings. The second-order valence-corrected chi connectivity index (χ2v) is 56.5. The Hall–Kier alpha value is -14.8. The first kappa shape index (κ1) is 98.5. The number of nitrogens with zero attached hydrogens (tertiary/aromatic N) is 12. The van der Waals surface area contributed by atoms with E-state index < -0.39 is 16.1 Å². The molecule has 15 aromatic carbocycles. The van der Waals surface area contributed by atoms with Crippen LogP contribution in [0.25, 0.3) is 102 Å². The predicted octanol–water partition coefficient (Wildman–Crippen LogP) is 35.4. The monoisotopic (exact) mass is 1990 g/mol. The fraction of sp³-hybridized carbons (Fsp3) is 0.272. The molecule has 14 heteroatoms. The Morgan fingerprint density at radius 3 is 0.493 bits per heavy atom. The van der Waals surface area contributed by atoms with Crippen molar-refractivity contribution in [2.45, 2.75) is 236 Å². The van der Waals surface area contributed by atoms with E-state index in [0.717, 1.165) is 78.8 Å². The molecule has 0 saturated heterocycles. The summed E-state index contributed by atoms with van der Waals surface area (Å²) in [7, 11) is -2.86. The van der Waals surface area contributed by atoms with E-state index >= 15 is 0 Å². The molecule has 6 heterocycles. The molecule has 0 N–H and O–H groups in total. The highest BCUT2D eigenvalue weighted by Gasteiger charge is 2.41. The lowest BCUT2D eigenvalue weighted by atomic mass is 9.73. The van der Waals surface area contributed by atoms with Crippen LogP contribution in [0.3, 0.4) is 0 Å². The van der Waals surface area contributed by atoms with Crippen molar-refractivity contribution in [2.24, 2.45) is 0 Å². The number of benzene rings is 15. The standard InChI is InChI=1S/C48H48N4.C46H44N4.C42H44N4Si2/c1-48(2)41-17-9-11-19-43(41)52(44-20-12-10-18-42(44)48)40-31-29-39(30-32-40)47-50-45(37-25-21-35(22-26-37)33-13-5-3-6-14-33)49-46(51-47)38-27-23-36(24-28-38)34-15-7-4-8-16-34;1-46(2)39-15-7-9-17-41(39)50(42-18-10-8-16-40(42)46)38-29-27-37(28-30-38)45-48-43(35-23-19-33(20-24-35)31-11-3-4-12-31)47-44(49-45)36-25-21-34(22-26-36)32-13-5-6-14-32;1-42(2)35-13-9-11-15-37(35)46(38-16-12-10-14-36(38)42)32-23-17-29(18-24-32)39-43-40(30-19-25-33(26-20-30)47(3,4)5)45-41(44-39)31-21-27-34(28-22-31)48(6,7)8/h9-12,17-34H,3-8,13-16H2,1-2H3;7-10,15-32H,3-6,11-14H2,1-2H3;9-28H,1-8H3. The van der Waals surface area contributed by atoms with E-state index in [4.69, 9.17) is 44.9 Å². The molecule has 4 aliphatic carbocycles. The first-order valence-corrected chi connectivity index (χ1v) is 62.1. The van der Waals surface area contributed by atoms with Gasteiger partial charge in [0.15, 0.2) is 52.4 Å². The summed E-state index contributed by atoms with van der Waals surface area (Å²) in [6.45, 7) is 28.2. The smallest absolute Gasteiger partial charge is 0.164 e. The van der Waals surface area contributed by atoms with Gasteiger partial charge in [-0.05, 0) is 240 Å². The van der Waals surface area contributed by atoms with Crippen LogP contribution in [-0.2, 0) is 16.2 Å². The van der Waals surface area contributed by atoms with Crippen LogP contribution in [0.5, 0.6) is 0 Å². The zero-order chi connectivity index (χ0) is 103. The maximum absolute atomic E-state index is 5.13. The molecule has 18 aromatic rings. The van der Waals surface area contributed by atoms with Crippen LogP contribution in [0.4, 0.5) is 51.2 Å². The van der Waals surface area contributed by atoms with Crippen molar-refractivity contribution in [1.29, 1.82) is 0 Å². The zero-order valence-corrected chi connectivity index (χ0v) is 91.0. The lowest BCUT2D eigenvalue weighted by molar-refractivity contribution is 0.443. The molecule has 748 valence electrons. The summed E-state index contributed by atoms with van der Waals surface area (Å²) in [5.74, 6) is 8.99. The van der Waals surface area contributed by atoms with Gasteiger partial charge >= 0.3 is 0 Å². The predicted molar refractivity (Wildman–Crippen MR) is 629 cm³/mol. The Bertz CT molecular complexity index is 7520. The SMILES string of the molecule is CC1(C)c2ccccc2N(c2ccc(-c3nc(-c4ccc(C5CCCC5)cc4)nc(-c4ccc(C5CCCC5)cc4)n3)cc2)c2ccccc21.CC1(C)c2ccccc2N(c2ccc(-c3nc(-c4ccc(C5CCCCC5)cc4)nc(-c4ccc(C5CCCCC5)cc4)n3)cc2)c2ccccc21.CC1(C)c2ccccc2N(c2ccc(-c3nc(-c4ccc([Si](C)(C)C)cc4)nc(-c4ccc([Si](C)(C)C)cc4)n3)cc2)c2ccccc21. The van der Waals surface area contributed by atoms with E-state index in [2.05, 4.69) is 460 Å². The molecule has 0 amide bonds. The molecule has 0 radical (unpaired) electrons. The van der Waals surface area contributed by atoms with Crippen LogP contribution in [0, 0.1) is 0 Å². The molecule has 25 rings (SSSR count). The molecular weight excluding hydrogens is 1860 g/mol. The normalized spacial score (nSPS) is 16.2. The van der Waals surface area contributed by atoms with Crippen molar-refractivity contribution in [3.05, 3.63) is 420 Å². The van der Waals surface area contributed by atoms with Crippen LogP contribution < -0.4 is 25.1 Å². The first-order chi connectivity index (χ1) is 72.9. The molecule has 3 aromatic heterocycles. The van der Waals surface area contributed by atoms with Crippen molar-refractivity contribution < 1.29 is 0 Å². The number of fused-ring (bicyclic) bond motifs is 6. The maximum Gasteiger partial charge on any atom is 0.164 e. The van der Waals surface area contributed by atoms with E-state index in [1.165, 1.54) is 216 Å². The molecule has 0 bridgehead atoms. The molecular formula is C136H136N12Si2.